The first-order valence-corrected chi connectivity index (χ1v) is 8.50. The standard InChI is InChI=1S/C16H25N3OS/c1-16(2)7-8-19(9-16)15-11(10-5-6-10)12(17)13(21-15)14(20)18(3)4/h10H,5-9,17H2,1-4H3. The molecule has 0 atom stereocenters. The molecular weight excluding hydrogens is 282 g/mol. The minimum absolute atomic E-state index is 0.0316. The monoisotopic (exact) mass is 307 g/mol. The van der Waals surface area contributed by atoms with E-state index in [0.29, 0.717) is 11.3 Å². The molecule has 0 unspecified atom stereocenters. The molecule has 1 saturated heterocycles. The van der Waals surface area contributed by atoms with Crippen LogP contribution in [-0.2, 0) is 0 Å². The first-order chi connectivity index (χ1) is 9.80. The highest BCUT2D eigenvalue weighted by atomic mass is 32.1. The summed E-state index contributed by atoms with van der Waals surface area (Å²) in [6.07, 6.45) is 3.62. The molecule has 1 saturated carbocycles. The second kappa shape index (κ2) is 4.90. The number of nitrogen functional groups attached to an aromatic ring is 1. The van der Waals surface area contributed by atoms with E-state index in [0.717, 1.165) is 23.7 Å². The van der Waals surface area contributed by atoms with Gasteiger partial charge in [0.2, 0.25) is 0 Å². The number of rotatable bonds is 3. The number of nitrogens with two attached hydrogens (primary N) is 1. The summed E-state index contributed by atoms with van der Waals surface area (Å²) in [5.74, 6) is 0.604. The number of amides is 1. The molecule has 5 heteroatoms. The highest BCUT2D eigenvalue weighted by Crippen LogP contribution is 2.53. The maximum absolute atomic E-state index is 12.4. The summed E-state index contributed by atoms with van der Waals surface area (Å²) in [6.45, 7) is 6.75. The number of hydrogen-bond donors (Lipinski definition) is 1. The van der Waals surface area contributed by atoms with Crippen LogP contribution in [0.4, 0.5) is 10.7 Å². The predicted octanol–water partition coefficient (Wildman–Crippen LogP) is 3.15. The van der Waals surface area contributed by atoms with Crippen LogP contribution in [0.2, 0.25) is 0 Å². The van der Waals surface area contributed by atoms with Gasteiger partial charge in [-0.3, -0.25) is 4.79 Å². The molecule has 116 valence electrons. The summed E-state index contributed by atoms with van der Waals surface area (Å²) in [4.78, 5) is 17.1. The third kappa shape index (κ3) is 2.63. The Kier molecular flexibility index (Phi) is 3.43. The van der Waals surface area contributed by atoms with Crippen LogP contribution in [0.25, 0.3) is 0 Å². The maximum Gasteiger partial charge on any atom is 0.265 e. The number of nitrogens with zero attached hydrogens (tertiary/aromatic N) is 2. The van der Waals surface area contributed by atoms with Crippen LogP contribution < -0.4 is 10.6 Å². The zero-order valence-electron chi connectivity index (χ0n) is 13.4. The van der Waals surface area contributed by atoms with E-state index in [1.165, 1.54) is 29.8 Å². The molecule has 1 amide bonds. The summed E-state index contributed by atoms with van der Waals surface area (Å²) < 4.78 is 0. The van der Waals surface area contributed by atoms with Crippen molar-refractivity contribution in [2.45, 2.75) is 39.0 Å². The molecule has 1 aliphatic heterocycles. The van der Waals surface area contributed by atoms with Gasteiger partial charge in [0.05, 0.1) is 10.7 Å². The molecule has 2 aliphatic rings. The van der Waals surface area contributed by atoms with Crippen LogP contribution in [0, 0.1) is 5.41 Å². The van der Waals surface area contributed by atoms with Gasteiger partial charge in [0.1, 0.15) is 4.88 Å². The van der Waals surface area contributed by atoms with Crippen molar-refractivity contribution in [2.75, 3.05) is 37.8 Å². The van der Waals surface area contributed by atoms with Gasteiger partial charge in [0, 0.05) is 32.7 Å². The van der Waals surface area contributed by atoms with E-state index in [1.807, 2.05) is 0 Å². The highest BCUT2D eigenvalue weighted by molar-refractivity contribution is 7.18. The van der Waals surface area contributed by atoms with Crippen molar-refractivity contribution in [1.82, 2.24) is 4.90 Å². The lowest BCUT2D eigenvalue weighted by Crippen LogP contribution is -2.22. The summed E-state index contributed by atoms with van der Waals surface area (Å²) >= 11 is 1.60. The van der Waals surface area contributed by atoms with Crippen molar-refractivity contribution in [3.8, 4) is 0 Å². The van der Waals surface area contributed by atoms with E-state index in [1.54, 1.807) is 30.3 Å². The lowest BCUT2D eigenvalue weighted by Gasteiger charge is -2.21. The number of anilines is 2. The average Bonchev–Trinajstić information content (AvgIpc) is 3.08. The van der Waals surface area contributed by atoms with Crippen molar-refractivity contribution in [1.29, 1.82) is 0 Å². The van der Waals surface area contributed by atoms with Crippen molar-refractivity contribution < 1.29 is 4.79 Å². The molecule has 1 aromatic rings. The molecule has 0 spiro atoms. The van der Waals surface area contributed by atoms with Gasteiger partial charge in [0.25, 0.3) is 5.91 Å². The first kappa shape index (κ1) is 14.7. The molecule has 2 N–H and O–H groups in total. The molecule has 2 heterocycles. The van der Waals surface area contributed by atoms with Crippen molar-refractivity contribution in [3.05, 3.63) is 10.4 Å². The minimum atomic E-state index is 0.0316. The highest BCUT2D eigenvalue weighted by Gasteiger charge is 2.38. The van der Waals surface area contributed by atoms with E-state index >= 15 is 0 Å². The Morgan fingerprint density at radius 3 is 2.52 bits per heavy atom. The lowest BCUT2D eigenvalue weighted by molar-refractivity contribution is 0.0833. The Morgan fingerprint density at radius 1 is 1.38 bits per heavy atom. The van der Waals surface area contributed by atoms with Gasteiger partial charge in [-0.05, 0) is 30.6 Å². The van der Waals surface area contributed by atoms with Crippen LogP contribution in [0.15, 0.2) is 0 Å². The van der Waals surface area contributed by atoms with Crippen LogP contribution in [-0.4, -0.2) is 38.0 Å². The Balaban J connectivity index is 2.00. The molecule has 1 aliphatic carbocycles. The second-order valence-electron chi connectivity index (χ2n) is 7.37. The van der Waals surface area contributed by atoms with Crippen molar-refractivity contribution in [2.24, 2.45) is 5.41 Å². The summed E-state index contributed by atoms with van der Waals surface area (Å²) in [5, 5.41) is 1.26. The van der Waals surface area contributed by atoms with E-state index < -0.39 is 0 Å². The van der Waals surface area contributed by atoms with E-state index in [4.69, 9.17) is 5.73 Å². The van der Waals surface area contributed by atoms with E-state index in [9.17, 15) is 4.79 Å². The SMILES string of the molecule is CN(C)C(=O)c1sc(N2CCC(C)(C)C2)c(C2CC2)c1N. The number of hydrogen-bond acceptors (Lipinski definition) is 4. The number of thiophene rings is 1. The fraction of sp³-hybridized carbons (Fsp3) is 0.688. The molecule has 1 aromatic heterocycles. The third-order valence-electron chi connectivity index (χ3n) is 4.51. The Labute approximate surface area is 130 Å². The molecule has 0 bridgehead atoms. The van der Waals surface area contributed by atoms with Crippen LogP contribution in [0.1, 0.15) is 54.3 Å². The van der Waals surface area contributed by atoms with Crippen LogP contribution >= 0.6 is 11.3 Å². The molecule has 0 radical (unpaired) electrons. The predicted molar refractivity (Wildman–Crippen MR) is 89.3 cm³/mol. The van der Waals surface area contributed by atoms with Crippen molar-refractivity contribution >= 4 is 27.9 Å². The second-order valence-corrected chi connectivity index (χ2v) is 8.37. The molecule has 4 nitrogen and oxygen atoms in total. The summed E-state index contributed by atoms with van der Waals surface area (Å²) in [6, 6.07) is 0. The zero-order valence-corrected chi connectivity index (χ0v) is 14.2. The smallest absolute Gasteiger partial charge is 0.265 e. The quantitative estimate of drug-likeness (QED) is 0.933. The molecule has 21 heavy (non-hydrogen) atoms. The van der Waals surface area contributed by atoms with Gasteiger partial charge >= 0.3 is 0 Å². The fourth-order valence-corrected chi connectivity index (χ4v) is 4.45. The van der Waals surface area contributed by atoms with E-state index in [-0.39, 0.29) is 5.91 Å². The third-order valence-corrected chi connectivity index (χ3v) is 5.78. The van der Waals surface area contributed by atoms with E-state index in [2.05, 4.69) is 18.7 Å². The van der Waals surface area contributed by atoms with Crippen LogP contribution in [0.5, 0.6) is 0 Å². The molecule has 2 fully saturated rings. The molecule has 0 aromatic carbocycles. The van der Waals surface area contributed by atoms with Gasteiger partial charge in [0.15, 0.2) is 0 Å². The topological polar surface area (TPSA) is 49.6 Å². The normalized spacial score (nSPS) is 20.9. The Morgan fingerprint density at radius 2 is 2.05 bits per heavy atom. The molecular formula is C16H25N3OS. The number of carbonyl (C=O) groups excluding carboxylic acids is 1. The van der Waals surface area contributed by atoms with Gasteiger partial charge in [-0.2, -0.15) is 0 Å². The van der Waals surface area contributed by atoms with Gasteiger partial charge in [-0.15, -0.1) is 11.3 Å². The summed E-state index contributed by atoms with van der Waals surface area (Å²) in [5.41, 5.74) is 8.70. The van der Waals surface area contributed by atoms with Gasteiger partial charge in [-0.1, -0.05) is 13.8 Å². The van der Waals surface area contributed by atoms with Crippen LogP contribution in [0.3, 0.4) is 0 Å². The van der Waals surface area contributed by atoms with Gasteiger partial charge < -0.3 is 15.5 Å². The Bertz CT molecular complexity index is 572. The minimum Gasteiger partial charge on any atom is -0.397 e. The lowest BCUT2D eigenvalue weighted by atomic mass is 9.93. The number of carbonyl (C=O) groups is 1. The maximum atomic E-state index is 12.4. The summed E-state index contributed by atoms with van der Waals surface area (Å²) in [7, 11) is 3.58. The molecule has 3 rings (SSSR count). The first-order valence-electron chi connectivity index (χ1n) is 7.69. The van der Waals surface area contributed by atoms with Gasteiger partial charge in [-0.25, -0.2) is 0 Å². The Hall–Kier alpha value is -1.23. The fourth-order valence-electron chi connectivity index (χ4n) is 3.09. The average molecular weight is 307 g/mol. The zero-order chi connectivity index (χ0) is 15.4. The largest absolute Gasteiger partial charge is 0.397 e. The van der Waals surface area contributed by atoms with Crippen molar-refractivity contribution in [3.63, 3.8) is 0 Å².